The van der Waals surface area contributed by atoms with E-state index >= 15 is 0 Å². The van der Waals surface area contributed by atoms with Gasteiger partial charge in [-0.05, 0) is 67.1 Å². The van der Waals surface area contributed by atoms with Crippen molar-refractivity contribution in [2.75, 3.05) is 0 Å². The molecule has 1 saturated carbocycles. The van der Waals surface area contributed by atoms with Crippen LogP contribution in [0.3, 0.4) is 0 Å². The lowest BCUT2D eigenvalue weighted by atomic mass is 9.77. The molecule has 1 fully saturated rings. The minimum atomic E-state index is -0.745. The second-order valence-electron chi connectivity index (χ2n) is 8.21. The normalized spacial score (nSPS) is 19.5. The van der Waals surface area contributed by atoms with Crippen LogP contribution < -0.4 is 0 Å². The molecule has 0 aromatic heterocycles. The molecule has 0 saturated heterocycles. The van der Waals surface area contributed by atoms with Gasteiger partial charge < -0.3 is 0 Å². The second kappa shape index (κ2) is 10.0. The third-order valence-corrected chi connectivity index (χ3v) is 6.29. The zero-order valence-electron chi connectivity index (χ0n) is 17.0. The van der Waals surface area contributed by atoms with Gasteiger partial charge in [0.2, 0.25) is 0 Å². The van der Waals surface area contributed by atoms with Crippen molar-refractivity contribution in [3.8, 4) is 11.1 Å². The Kier molecular flexibility index (Phi) is 7.42. The number of hydrogen-bond donors (Lipinski definition) is 0. The first kappa shape index (κ1) is 20.8. The monoisotopic (exact) mass is 382 g/mol. The Morgan fingerprint density at radius 3 is 2.32 bits per heavy atom. The van der Waals surface area contributed by atoms with Gasteiger partial charge in [0.25, 0.3) is 0 Å². The molecule has 1 aliphatic rings. The molecule has 0 nitrogen and oxygen atoms in total. The van der Waals surface area contributed by atoms with Crippen LogP contribution in [0.25, 0.3) is 11.1 Å². The SMILES string of the molecule is C=CCCc1ccc(-c2ccc(C3CCC(CCCC)CC3)cc2)c(F)c1F. The highest BCUT2D eigenvalue weighted by atomic mass is 19.2. The van der Waals surface area contributed by atoms with E-state index in [4.69, 9.17) is 0 Å². The molecule has 0 unspecified atom stereocenters. The lowest BCUT2D eigenvalue weighted by molar-refractivity contribution is 0.304. The molecule has 3 rings (SSSR count). The third kappa shape index (κ3) is 4.90. The fourth-order valence-corrected chi connectivity index (χ4v) is 4.48. The van der Waals surface area contributed by atoms with E-state index in [0.717, 1.165) is 11.5 Å². The van der Waals surface area contributed by atoms with Gasteiger partial charge in [-0.25, -0.2) is 8.78 Å². The summed E-state index contributed by atoms with van der Waals surface area (Å²) in [5.74, 6) is 0.0292. The Bertz CT molecular complexity index is 768. The summed E-state index contributed by atoms with van der Waals surface area (Å²) in [5, 5.41) is 0. The van der Waals surface area contributed by atoms with Gasteiger partial charge in [0, 0.05) is 5.56 Å². The number of allylic oxidation sites excluding steroid dienone is 1. The Morgan fingerprint density at radius 2 is 1.68 bits per heavy atom. The standard InChI is InChI=1S/C26H32F2/c1-3-5-7-19-9-11-20(12-10-19)21-13-15-22(16-14-21)24-18-17-23(8-6-4-2)25(27)26(24)28/h4,13-20H,2-3,5-12H2,1H3. The van der Waals surface area contributed by atoms with E-state index in [1.165, 1.54) is 50.5 Å². The van der Waals surface area contributed by atoms with E-state index in [1.54, 1.807) is 18.2 Å². The van der Waals surface area contributed by atoms with Gasteiger partial charge in [0.15, 0.2) is 11.6 Å². The highest BCUT2D eigenvalue weighted by Crippen LogP contribution is 2.38. The van der Waals surface area contributed by atoms with E-state index in [0.29, 0.717) is 29.9 Å². The average Bonchev–Trinajstić information content (AvgIpc) is 2.74. The summed E-state index contributed by atoms with van der Waals surface area (Å²) in [5.41, 5.74) is 2.83. The Balaban J connectivity index is 1.68. The topological polar surface area (TPSA) is 0 Å². The molecule has 2 heteroatoms. The lowest BCUT2D eigenvalue weighted by Gasteiger charge is -2.29. The Morgan fingerprint density at radius 1 is 0.964 bits per heavy atom. The predicted octanol–water partition coefficient (Wildman–Crippen LogP) is 8.21. The zero-order chi connectivity index (χ0) is 19.9. The first-order chi connectivity index (χ1) is 13.6. The van der Waals surface area contributed by atoms with Crippen molar-refractivity contribution in [2.24, 2.45) is 5.92 Å². The molecule has 150 valence electrons. The summed E-state index contributed by atoms with van der Waals surface area (Å²) >= 11 is 0. The summed E-state index contributed by atoms with van der Waals surface area (Å²) in [7, 11) is 0. The molecule has 0 aliphatic heterocycles. The van der Waals surface area contributed by atoms with E-state index in [-0.39, 0.29) is 0 Å². The maximum atomic E-state index is 14.6. The van der Waals surface area contributed by atoms with Gasteiger partial charge in [0.1, 0.15) is 0 Å². The largest absolute Gasteiger partial charge is 0.203 e. The maximum absolute atomic E-state index is 14.6. The Hall–Kier alpha value is -1.96. The average molecular weight is 383 g/mol. The van der Waals surface area contributed by atoms with Crippen LogP contribution in [-0.4, -0.2) is 0 Å². The fraction of sp³-hybridized carbons (Fsp3) is 0.462. The predicted molar refractivity (Wildman–Crippen MR) is 115 cm³/mol. The molecule has 0 N–H and O–H groups in total. The minimum absolute atomic E-state index is 0.342. The van der Waals surface area contributed by atoms with Gasteiger partial charge in [-0.2, -0.15) is 0 Å². The molecule has 0 heterocycles. The highest BCUT2D eigenvalue weighted by Gasteiger charge is 2.22. The van der Waals surface area contributed by atoms with Crippen molar-refractivity contribution in [2.45, 2.75) is 70.6 Å². The van der Waals surface area contributed by atoms with Crippen LogP contribution in [-0.2, 0) is 6.42 Å². The van der Waals surface area contributed by atoms with Crippen molar-refractivity contribution < 1.29 is 8.78 Å². The number of rotatable bonds is 8. The van der Waals surface area contributed by atoms with E-state index < -0.39 is 11.6 Å². The summed E-state index contributed by atoms with van der Waals surface area (Å²) in [6, 6.07) is 11.5. The molecular formula is C26H32F2. The first-order valence-electron chi connectivity index (χ1n) is 10.8. The number of halogens is 2. The number of benzene rings is 2. The van der Waals surface area contributed by atoms with Gasteiger partial charge in [-0.3, -0.25) is 0 Å². The van der Waals surface area contributed by atoms with Crippen molar-refractivity contribution in [1.29, 1.82) is 0 Å². The van der Waals surface area contributed by atoms with Crippen LogP contribution in [0, 0.1) is 17.6 Å². The number of hydrogen-bond acceptors (Lipinski definition) is 0. The molecule has 2 aromatic carbocycles. The van der Waals surface area contributed by atoms with Crippen LogP contribution in [0.1, 0.15) is 75.3 Å². The molecule has 0 spiro atoms. The molecule has 0 bridgehead atoms. The molecule has 2 aromatic rings. The molecule has 28 heavy (non-hydrogen) atoms. The highest BCUT2D eigenvalue weighted by molar-refractivity contribution is 5.65. The minimum Gasteiger partial charge on any atom is -0.203 e. The van der Waals surface area contributed by atoms with Gasteiger partial charge in [-0.1, -0.05) is 68.7 Å². The van der Waals surface area contributed by atoms with Crippen LogP contribution in [0.5, 0.6) is 0 Å². The maximum Gasteiger partial charge on any atom is 0.166 e. The summed E-state index contributed by atoms with van der Waals surface area (Å²) in [6.07, 6.45) is 12.0. The van der Waals surface area contributed by atoms with Crippen LogP contribution >= 0.6 is 0 Å². The van der Waals surface area contributed by atoms with E-state index in [9.17, 15) is 8.78 Å². The number of aryl methyl sites for hydroxylation is 1. The second-order valence-corrected chi connectivity index (χ2v) is 8.21. The lowest BCUT2D eigenvalue weighted by Crippen LogP contribution is -2.13. The van der Waals surface area contributed by atoms with Crippen molar-refractivity contribution in [3.05, 3.63) is 71.8 Å². The molecule has 0 radical (unpaired) electrons. The molecular weight excluding hydrogens is 350 g/mol. The van der Waals surface area contributed by atoms with Crippen molar-refractivity contribution in [3.63, 3.8) is 0 Å². The van der Waals surface area contributed by atoms with Gasteiger partial charge >= 0.3 is 0 Å². The fourth-order valence-electron chi connectivity index (χ4n) is 4.48. The summed E-state index contributed by atoms with van der Waals surface area (Å²) in [6.45, 7) is 5.90. The van der Waals surface area contributed by atoms with Crippen LogP contribution in [0.4, 0.5) is 8.78 Å². The number of unbranched alkanes of at least 4 members (excludes halogenated alkanes) is 1. The zero-order valence-corrected chi connectivity index (χ0v) is 17.0. The quantitative estimate of drug-likeness (QED) is 0.403. The van der Waals surface area contributed by atoms with Crippen LogP contribution in [0.2, 0.25) is 0 Å². The van der Waals surface area contributed by atoms with Crippen molar-refractivity contribution in [1.82, 2.24) is 0 Å². The Labute approximate surface area is 168 Å². The summed E-state index contributed by atoms with van der Waals surface area (Å²) < 4.78 is 28.9. The smallest absolute Gasteiger partial charge is 0.166 e. The van der Waals surface area contributed by atoms with Crippen LogP contribution in [0.15, 0.2) is 49.1 Å². The van der Waals surface area contributed by atoms with E-state index in [2.05, 4.69) is 25.6 Å². The first-order valence-corrected chi connectivity index (χ1v) is 10.8. The molecule has 1 aliphatic carbocycles. The van der Waals surface area contributed by atoms with Gasteiger partial charge in [0.05, 0.1) is 0 Å². The summed E-state index contributed by atoms with van der Waals surface area (Å²) in [4.78, 5) is 0. The van der Waals surface area contributed by atoms with Gasteiger partial charge in [-0.15, -0.1) is 6.58 Å². The third-order valence-electron chi connectivity index (χ3n) is 6.29. The molecule has 0 amide bonds. The van der Waals surface area contributed by atoms with Crippen molar-refractivity contribution >= 4 is 0 Å². The molecule has 0 atom stereocenters. The van der Waals surface area contributed by atoms with E-state index in [1.807, 2.05) is 12.1 Å².